The molecular formula is C24H24ClN3O. The van der Waals surface area contributed by atoms with E-state index >= 15 is 0 Å². The zero-order valence-electron chi connectivity index (χ0n) is 16.2. The Balaban J connectivity index is 1.30. The molecule has 1 saturated heterocycles. The van der Waals surface area contributed by atoms with Crippen LogP contribution in [0.25, 0.3) is 0 Å². The molecule has 1 heterocycles. The van der Waals surface area contributed by atoms with Crippen molar-refractivity contribution >= 4 is 28.9 Å². The minimum atomic E-state index is -0.194. The van der Waals surface area contributed by atoms with Crippen LogP contribution < -0.4 is 10.2 Å². The van der Waals surface area contributed by atoms with Crippen LogP contribution >= 0.6 is 11.6 Å². The molecular weight excluding hydrogens is 382 g/mol. The molecule has 0 radical (unpaired) electrons. The number of para-hydroxylation sites is 1. The normalized spacial score (nSPS) is 14.6. The number of carbonyl (C=O) groups excluding carboxylic acids is 1. The smallest absolute Gasteiger partial charge is 0.257 e. The summed E-state index contributed by atoms with van der Waals surface area (Å²) in [6, 6.07) is 25.7. The molecule has 148 valence electrons. The summed E-state index contributed by atoms with van der Waals surface area (Å²) in [5.74, 6) is -0.194. The molecule has 4 nitrogen and oxygen atoms in total. The number of benzene rings is 3. The van der Waals surface area contributed by atoms with Crippen LogP contribution in [0.15, 0.2) is 78.9 Å². The molecule has 0 aliphatic carbocycles. The van der Waals surface area contributed by atoms with E-state index in [-0.39, 0.29) is 5.91 Å². The second-order valence-corrected chi connectivity index (χ2v) is 7.64. The molecule has 0 unspecified atom stereocenters. The van der Waals surface area contributed by atoms with Crippen molar-refractivity contribution in [2.75, 3.05) is 36.4 Å². The van der Waals surface area contributed by atoms with Crippen LogP contribution in [0.5, 0.6) is 0 Å². The highest BCUT2D eigenvalue weighted by Gasteiger charge is 2.17. The van der Waals surface area contributed by atoms with E-state index in [9.17, 15) is 4.79 Å². The Bertz CT molecular complexity index is 951. The highest BCUT2D eigenvalue weighted by Crippen LogP contribution is 2.19. The van der Waals surface area contributed by atoms with Gasteiger partial charge in [0.2, 0.25) is 0 Å². The van der Waals surface area contributed by atoms with Gasteiger partial charge in [0, 0.05) is 44.1 Å². The van der Waals surface area contributed by atoms with Crippen LogP contribution in [-0.2, 0) is 6.54 Å². The second kappa shape index (κ2) is 9.12. The van der Waals surface area contributed by atoms with Crippen molar-refractivity contribution in [3.8, 4) is 0 Å². The van der Waals surface area contributed by atoms with Gasteiger partial charge in [-0.15, -0.1) is 0 Å². The first-order valence-corrected chi connectivity index (χ1v) is 10.2. The highest BCUT2D eigenvalue weighted by molar-refractivity contribution is 6.34. The molecule has 29 heavy (non-hydrogen) atoms. The van der Waals surface area contributed by atoms with Gasteiger partial charge in [0.05, 0.1) is 10.6 Å². The SMILES string of the molecule is O=C(Nc1ccc(CN2CCN(c3ccccc3)CC2)cc1)c1ccccc1Cl. The number of carbonyl (C=O) groups is 1. The Labute approximate surface area is 176 Å². The maximum absolute atomic E-state index is 12.4. The molecule has 3 aromatic carbocycles. The Hall–Kier alpha value is -2.82. The fourth-order valence-electron chi connectivity index (χ4n) is 3.60. The van der Waals surface area contributed by atoms with Crippen LogP contribution in [-0.4, -0.2) is 37.0 Å². The number of amides is 1. The van der Waals surface area contributed by atoms with Gasteiger partial charge in [-0.05, 0) is 42.0 Å². The molecule has 1 aliphatic heterocycles. The number of nitrogens with one attached hydrogen (secondary N) is 1. The van der Waals surface area contributed by atoms with E-state index in [1.807, 2.05) is 18.2 Å². The standard InChI is InChI=1S/C24H24ClN3O/c25-23-9-5-4-8-22(23)24(29)26-20-12-10-19(11-13-20)18-27-14-16-28(17-15-27)21-6-2-1-3-7-21/h1-13H,14-18H2,(H,26,29). The summed E-state index contributed by atoms with van der Waals surface area (Å²) in [4.78, 5) is 17.3. The van der Waals surface area contributed by atoms with Crippen molar-refractivity contribution in [2.45, 2.75) is 6.54 Å². The van der Waals surface area contributed by atoms with Crippen molar-refractivity contribution in [3.05, 3.63) is 95.0 Å². The van der Waals surface area contributed by atoms with Crippen molar-refractivity contribution in [1.29, 1.82) is 0 Å². The van der Waals surface area contributed by atoms with Gasteiger partial charge in [-0.1, -0.05) is 54.1 Å². The third kappa shape index (κ3) is 4.97. The molecule has 4 rings (SSSR count). The largest absolute Gasteiger partial charge is 0.369 e. The summed E-state index contributed by atoms with van der Waals surface area (Å²) in [5, 5.41) is 3.37. The minimum Gasteiger partial charge on any atom is -0.369 e. The number of halogens is 1. The van der Waals surface area contributed by atoms with Crippen molar-refractivity contribution in [2.24, 2.45) is 0 Å². The Morgan fingerprint density at radius 1 is 0.828 bits per heavy atom. The molecule has 0 spiro atoms. The molecule has 3 aromatic rings. The summed E-state index contributed by atoms with van der Waals surface area (Å²) in [6.07, 6.45) is 0. The zero-order valence-corrected chi connectivity index (χ0v) is 17.0. The fourth-order valence-corrected chi connectivity index (χ4v) is 3.82. The number of rotatable bonds is 5. The average molecular weight is 406 g/mol. The van der Waals surface area contributed by atoms with Crippen molar-refractivity contribution < 1.29 is 4.79 Å². The van der Waals surface area contributed by atoms with Crippen molar-refractivity contribution in [3.63, 3.8) is 0 Å². The summed E-state index contributed by atoms with van der Waals surface area (Å²) >= 11 is 6.10. The van der Waals surface area contributed by atoms with Gasteiger partial charge in [-0.2, -0.15) is 0 Å². The molecule has 1 fully saturated rings. The molecule has 1 N–H and O–H groups in total. The molecule has 1 amide bonds. The Morgan fingerprint density at radius 2 is 1.48 bits per heavy atom. The van der Waals surface area contributed by atoms with Crippen LogP contribution in [0, 0.1) is 0 Å². The molecule has 0 atom stereocenters. The lowest BCUT2D eigenvalue weighted by atomic mass is 10.1. The Kier molecular flexibility index (Phi) is 6.13. The second-order valence-electron chi connectivity index (χ2n) is 7.23. The number of hydrogen-bond acceptors (Lipinski definition) is 3. The van der Waals surface area contributed by atoms with E-state index in [0.717, 1.165) is 38.4 Å². The lowest BCUT2D eigenvalue weighted by Gasteiger charge is -2.36. The molecule has 1 aliphatic rings. The average Bonchev–Trinajstić information content (AvgIpc) is 2.76. The lowest BCUT2D eigenvalue weighted by molar-refractivity contribution is 0.102. The van der Waals surface area contributed by atoms with E-state index in [0.29, 0.717) is 10.6 Å². The van der Waals surface area contributed by atoms with E-state index in [4.69, 9.17) is 11.6 Å². The molecule has 0 aromatic heterocycles. The van der Waals surface area contributed by atoms with Crippen LogP contribution in [0.1, 0.15) is 15.9 Å². The number of hydrogen-bond donors (Lipinski definition) is 1. The van der Waals surface area contributed by atoms with E-state index < -0.39 is 0 Å². The topological polar surface area (TPSA) is 35.6 Å². The first kappa shape index (κ1) is 19.5. The van der Waals surface area contributed by atoms with Crippen LogP contribution in [0.3, 0.4) is 0 Å². The van der Waals surface area contributed by atoms with E-state index in [1.165, 1.54) is 11.3 Å². The van der Waals surface area contributed by atoms with E-state index in [2.05, 4.69) is 57.6 Å². The maximum Gasteiger partial charge on any atom is 0.257 e. The van der Waals surface area contributed by atoms with Gasteiger partial charge < -0.3 is 10.2 Å². The predicted octanol–water partition coefficient (Wildman–Crippen LogP) is 4.91. The number of anilines is 2. The van der Waals surface area contributed by atoms with E-state index in [1.54, 1.807) is 18.2 Å². The van der Waals surface area contributed by atoms with Crippen molar-refractivity contribution in [1.82, 2.24) is 4.90 Å². The molecule has 5 heteroatoms. The first-order valence-electron chi connectivity index (χ1n) is 9.86. The summed E-state index contributed by atoms with van der Waals surface area (Å²) < 4.78 is 0. The van der Waals surface area contributed by atoms with Gasteiger partial charge in [0.15, 0.2) is 0 Å². The quantitative estimate of drug-likeness (QED) is 0.654. The molecule has 0 bridgehead atoms. The Morgan fingerprint density at radius 3 is 2.17 bits per heavy atom. The third-order valence-corrected chi connectivity index (χ3v) is 5.56. The fraction of sp³-hybridized carbons (Fsp3) is 0.208. The van der Waals surface area contributed by atoms with Gasteiger partial charge in [-0.25, -0.2) is 0 Å². The zero-order chi connectivity index (χ0) is 20.1. The van der Waals surface area contributed by atoms with Crippen LogP contribution in [0.4, 0.5) is 11.4 Å². The maximum atomic E-state index is 12.4. The van der Waals surface area contributed by atoms with Gasteiger partial charge >= 0.3 is 0 Å². The number of piperazine rings is 1. The summed E-state index contributed by atoms with van der Waals surface area (Å²) in [5.41, 5.74) is 3.79. The van der Waals surface area contributed by atoms with Gasteiger partial charge in [-0.3, -0.25) is 9.69 Å². The summed E-state index contributed by atoms with van der Waals surface area (Å²) in [7, 11) is 0. The van der Waals surface area contributed by atoms with Crippen LogP contribution in [0.2, 0.25) is 5.02 Å². The summed E-state index contributed by atoms with van der Waals surface area (Å²) in [6.45, 7) is 5.08. The predicted molar refractivity (Wildman–Crippen MR) is 120 cm³/mol. The lowest BCUT2D eigenvalue weighted by Crippen LogP contribution is -2.45. The highest BCUT2D eigenvalue weighted by atomic mass is 35.5. The minimum absolute atomic E-state index is 0.194. The van der Waals surface area contributed by atoms with Gasteiger partial charge in [0.1, 0.15) is 0 Å². The first-order chi connectivity index (χ1) is 14.2. The number of nitrogens with zero attached hydrogens (tertiary/aromatic N) is 2. The van der Waals surface area contributed by atoms with Gasteiger partial charge in [0.25, 0.3) is 5.91 Å². The molecule has 0 saturated carbocycles. The monoisotopic (exact) mass is 405 g/mol. The third-order valence-electron chi connectivity index (χ3n) is 5.23.